The van der Waals surface area contributed by atoms with Crippen LogP contribution in [-0.4, -0.2) is 9.91 Å². The van der Waals surface area contributed by atoms with Gasteiger partial charge in [-0.25, -0.2) is 4.98 Å². The van der Waals surface area contributed by atoms with Crippen molar-refractivity contribution in [3.63, 3.8) is 0 Å². The van der Waals surface area contributed by atoms with Crippen molar-refractivity contribution in [2.75, 3.05) is 0 Å². The van der Waals surface area contributed by atoms with Gasteiger partial charge in [-0.15, -0.1) is 0 Å². The maximum atomic E-state index is 10.9. The van der Waals surface area contributed by atoms with Crippen LogP contribution in [0.15, 0.2) is 36.4 Å². The Morgan fingerprint density at radius 1 is 1.32 bits per heavy atom. The fraction of sp³-hybridized carbons (Fsp3) is 0. The van der Waals surface area contributed by atoms with Crippen LogP contribution >= 0.6 is 11.6 Å². The van der Waals surface area contributed by atoms with E-state index >= 15 is 0 Å². The van der Waals surface area contributed by atoms with Crippen LogP contribution in [0.4, 0.5) is 5.69 Å². The molecule has 1 aromatic carbocycles. The SMILES string of the molecule is N#Cc1cccc(Oc2c(Cl)cccc2[N+](=O)[O-])n1. The molecule has 0 aliphatic carbocycles. The van der Waals surface area contributed by atoms with Crippen molar-refractivity contribution in [3.8, 4) is 17.7 Å². The second kappa shape index (κ2) is 5.33. The molecule has 0 amide bonds. The van der Waals surface area contributed by atoms with Crippen LogP contribution < -0.4 is 4.74 Å². The molecule has 0 saturated heterocycles. The van der Waals surface area contributed by atoms with Gasteiger partial charge in [0.1, 0.15) is 11.8 Å². The van der Waals surface area contributed by atoms with Crippen molar-refractivity contribution < 1.29 is 9.66 Å². The monoisotopic (exact) mass is 275 g/mol. The lowest BCUT2D eigenvalue weighted by molar-refractivity contribution is -0.385. The van der Waals surface area contributed by atoms with E-state index in [9.17, 15) is 10.1 Å². The van der Waals surface area contributed by atoms with Crippen molar-refractivity contribution in [1.29, 1.82) is 5.26 Å². The first kappa shape index (κ1) is 12.8. The van der Waals surface area contributed by atoms with E-state index in [2.05, 4.69) is 4.98 Å². The van der Waals surface area contributed by atoms with Crippen LogP contribution in [0.5, 0.6) is 11.6 Å². The van der Waals surface area contributed by atoms with Gasteiger partial charge in [0.25, 0.3) is 0 Å². The van der Waals surface area contributed by atoms with Gasteiger partial charge in [0.2, 0.25) is 11.6 Å². The summed E-state index contributed by atoms with van der Waals surface area (Å²) in [4.78, 5) is 14.1. The summed E-state index contributed by atoms with van der Waals surface area (Å²) in [6, 6.07) is 10.6. The first-order valence-corrected chi connectivity index (χ1v) is 5.47. The molecule has 0 bridgehead atoms. The number of nitrogens with zero attached hydrogens (tertiary/aromatic N) is 3. The van der Waals surface area contributed by atoms with Crippen LogP contribution in [0.3, 0.4) is 0 Å². The molecule has 1 heterocycles. The quantitative estimate of drug-likeness (QED) is 0.633. The maximum Gasteiger partial charge on any atom is 0.313 e. The van der Waals surface area contributed by atoms with Gasteiger partial charge in [0.15, 0.2) is 0 Å². The summed E-state index contributed by atoms with van der Waals surface area (Å²) in [6.07, 6.45) is 0. The van der Waals surface area contributed by atoms with E-state index in [-0.39, 0.29) is 28.0 Å². The van der Waals surface area contributed by atoms with Crippen molar-refractivity contribution >= 4 is 17.3 Å². The lowest BCUT2D eigenvalue weighted by Gasteiger charge is -2.06. The van der Waals surface area contributed by atoms with Gasteiger partial charge in [0.05, 0.1) is 9.95 Å². The topological polar surface area (TPSA) is 89.0 Å². The van der Waals surface area contributed by atoms with Gasteiger partial charge < -0.3 is 4.74 Å². The first-order valence-electron chi connectivity index (χ1n) is 5.09. The average molecular weight is 276 g/mol. The first-order chi connectivity index (χ1) is 9.11. The highest BCUT2D eigenvalue weighted by atomic mass is 35.5. The van der Waals surface area contributed by atoms with Crippen molar-refractivity contribution in [2.24, 2.45) is 0 Å². The Morgan fingerprint density at radius 2 is 2.05 bits per heavy atom. The minimum Gasteiger partial charge on any atom is -0.430 e. The molecular weight excluding hydrogens is 270 g/mol. The number of nitro benzene ring substituents is 1. The summed E-state index contributed by atoms with van der Waals surface area (Å²) in [7, 11) is 0. The predicted octanol–water partition coefficient (Wildman–Crippen LogP) is 3.31. The van der Waals surface area contributed by atoms with Crippen LogP contribution in [0.25, 0.3) is 0 Å². The van der Waals surface area contributed by atoms with Crippen LogP contribution in [0.1, 0.15) is 5.69 Å². The van der Waals surface area contributed by atoms with E-state index in [4.69, 9.17) is 21.6 Å². The van der Waals surface area contributed by atoms with E-state index in [1.165, 1.54) is 30.3 Å². The van der Waals surface area contributed by atoms with Gasteiger partial charge >= 0.3 is 5.69 Å². The molecule has 94 valence electrons. The Kier molecular flexibility index (Phi) is 3.59. The number of nitro groups is 1. The third kappa shape index (κ3) is 2.78. The molecule has 0 N–H and O–H groups in total. The van der Waals surface area contributed by atoms with Crippen LogP contribution in [-0.2, 0) is 0 Å². The van der Waals surface area contributed by atoms with Crippen LogP contribution in [0, 0.1) is 21.4 Å². The number of aromatic nitrogens is 1. The fourth-order valence-corrected chi connectivity index (χ4v) is 1.59. The zero-order valence-corrected chi connectivity index (χ0v) is 10.2. The number of halogens is 1. The van der Waals surface area contributed by atoms with E-state index in [1.54, 1.807) is 6.07 Å². The van der Waals surface area contributed by atoms with Crippen molar-refractivity contribution in [3.05, 3.63) is 57.2 Å². The summed E-state index contributed by atoms with van der Waals surface area (Å²) in [5, 5.41) is 19.7. The average Bonchev–Trinajstić information content (AvgIpc) is 2.41. The number of nitriles is 1. The molecule has 0 atom stereocenters. The standard InChI is InChI=1S/C12H6ClN3O3/c13-9-4-2-5-10(16(17)18)12(9)19-11-6-1-3-8(7-14)15-11/h1-6H. The number of benzene rings is 1. The molecule has 0 unspecified atom stereocenters. The van der Waals surface area contributed by atoms with E-state index in [1.807, 2.05) is 6.07 Å². The zero-order valence-electron chi connectivity index (χ0n) is 9.41. The largest absolute Gasteiger partial charge is 0.430 e. The number of hydrogen-bond acceptors (Lipinski definition) is 5. The highest BCUT2D eigenvalue weighted by Crippen LogP contribution is 2.37. The third-order valence-corrected chi connectivity index (χ3v) is 2.49. The van der Waals surface area contributed by atoms with E-state index in [0.717, 1.165) is 0 Å². The Hall–Kier alpha value is -2.65. The molecule has 0 spiro atoms. The minimum atomic E-state index is -0.602. The summed E-state index contributed by atoms with van der Waals surface area (Å²) in [6.45, 7) is 0. The Labute approximate surface area is 113 Å². The maximum absolute atomic E-state index is 10.9. The molecule has 1 aromatic heterocycles. The second-order valence-corrected chi connectivity index (χ2v) is 3.83. The molecule has 19 heavy (non-hydrogen) atoms. The normalized spacial score (nSPS) is 9.68. The Bertz CT molecular complexity index is 682. The Morgan fingerprint density at radius 3 is 2.74 bits per heavy atom. The van der Waals surface area contributed by atoms with Crippen LogP contribution in [0.2, 0.25) is 5.02 Å². The highest BCUT2D eigenvalue weighted by Gasteiger charge is 2.19. The summed E-state index contributed by atoms with van der Waals surface area (Å²) < 4.78 is 5.31. The fourth-order valence-electron chi connectivity index (χ4n) is 1.38. The molecule has 0 fully saturated rings. The van der Waals surface area contributed by atoms with E-state index < -0.39 is 4.92 Å². The zero-order chi connectivity index (χ0) is 13.8. The highest BCUT2D eigenvalue weighted by molar-refractivity contribution is 6.32. The Balaban J connectivity index is 2.43. The number of pyridine rings is 1. The number of hydrogen-bond donors (Lipinski definition) is 0. The number of rotatable bonds is 3. The van der Waals surface area contributed by atoms with Crippen molar-refractivity contribution in [2.45, 2.75) is 0 Å². The lowest BCUT2D eigenvalue weighted by atomic mass is 10.3. The number of ether oxygens (including phenoxy) is 1. The van der Waals surface area contributed by atoms with Gasteiger partial charge in [-0.05, 0) is 12.1 Å². The molecule has 0 aliphatic rings. The molecule has 0 aliphatic heterocycles. The number of para-hydroxylation sites is 1. The molecular formula is C12H6ClN3O3. The van der Waals surface area contributed by atoms with Gasteiger partial charge in [-0.2, -0.15) is 5.26 Å². The molecule has 6 nitrogen and oxygen atoms in total. The molecule has 7 heteroatoms. The summed E-state index contributed by atoms with van der Waals surface area (Å²) >= 11 is 5.87. The lowest BCUT2D eigenvalue weighted by Crippen LogP contribution is -1.96. The third-order valence-electron chi connectivity index (χ3n) is 2.19. The minimum absolute atomic E-state index is 0.0650. The summed E-state index contributed by atoms with van der Waals surface area (Å²) in [5.41, 5.74) is -0.121. The summed E-state index contributed by atoms with van der Waals surface area (Å²) in [5.74, 6) is -0.0352. The molecule has 2 rings (SSSR count). The predicted molar refractivity (Wildman–Crippen MR) is 67.1 cm³/mol. The van der Waals surface area contributed by atoms with Crippen molar-refractivity contribution in [1.82, 2.24) is 4.98 Å². The smallest absolute Gasteiger partial charge is 0.313 e. The molecule has 2 aromatic rings. The molecule has 0 radical (unpaired) electrons. The van der Waals surface area contributed by atoms with Gasteiger partial charge in [-0.1, -0.05) is 23.7 Å². The molecule has 0 saturated carbocycles. The second-order valence-electron chi connectivity index (χ2n) is 3.42. The van der Waals surface area contributed by atoms with E-state index in [0.29, 0.717) is 0 Å². The van der Waals surface area contributed by atoms with Gasteiger partial charge in [0, 0.05) is 12.1 Å². The van der Waals surface area contributed by atoms with Gasteiger partial charge in [-0.3, -0.25) is 10.1 Å².